The minimum atomic E-state index is -1.19. The summed E-state index contributed by atoms with van der Waals surface area (Å²) in [6.07, 6.45) is 1.61. The van der Waals surface area contributed by atoms with Gasteiger partial charge in [-0.15, -0.1) is 0 Å². The van der Waals surface area contributed by atoms with Crippen molar-refractivity contribution in [2.45, 2.75) is 19.8 Å². The standard InChI is InChI=1S/C14H18N2O5/c1-9(17)15-8-10-4-6-16(7-5-10)13(18)11-2-3-12(21-11)14(19)20/h2-3,10H,4-8H2,1H3,(H,15,17)(H,19,20). The van der Waals surface area contributed by atoms with Gasteiger partial charge in [0, 0.05) is 26.6 Å². The fraction of sp³-hybridized carbons (Fsp3) is 0.500. The molecule has 2 rings (SSSR count). The molecule has 2 heterocycles. The number of piperidine rings is 1. The molecule has 0 radical (unpaired) electrons. The van der Waals surface area contributed by atoms with Crippen LogP contribution in [-0.2, 0) is 4.79 Å². The van der Waals surface area contributed by atoms with Gasteiger partial charge in [-0.2, -0.15) is 0 Å². The number of nitrogens with zero attached hydrogens (tertiary/aromatic N) is 1. The second kappa shape index (κ2) is 6.43. The van der Waals surface area contributed by atoms with Crippen molar-refractivity contribution in [3.8, 4) is 0 Å². The summed E-state index contributed by atoms with van der Waals surface area (Å²) in [5, 5.41) is 11.6. The summed E-state index contributed by atoms with van der Waals surface area (Å²) in [5.41, 5.74) is 0. The van der Waals surface area contributed by atoms with Gasteiger partial charge in [0.25, 0.3) is 5.91 Å². The van der Waals surface area contributed by atoms with E-state index in [0.29, 0.717) is 25.6 Å². The molecule has 1 aromatic heterocycles. The molecule has 1 fully saturated rings. The highest BCUT2D eigenvalue weighted by atomic mass is 16.4. The summed E-state index contributed by atoms with van der Waals surface area (Å²) < 4.78 is 5.02. The van der Waals surface area contributed by atoms with Crippen LogP contribution in [0.5, 0.6) is 0 Å². The van der Waals surface area contributed by atoms with Crippen molar-refractivity contribution < 1.29 is 23.9 Å². The van der Waals surface area contributed by atoms with Crippen LogP contribution in [0, 0.1) is 5.92 Å². The molecular weight excluding hydrogens is 276 g/mol. The van der Waals surface area contributed by atoms with E-state index < -0.39 is 5.97 Å². The maximum absolute atomic E-state index is 12.2. The summed E-state index contributed by atoms with van der Waals surface area (Å²) in [5.74, 6) is -1.36. The highest BCUT2D eigenvalue weighted by Gasteiger charge is 2.26. The Bertz CT molecular complexity index is 543. The fourth-order valence-electron chi connectivity index (χ4n) is 2.35. The third-order valence-corrected chi connectivity index (χ3v) is 3.57. The van der Waals surface area contributed by atoms with Crippen LogP contribution >= 0.6 is 0 Å². The van der Waals surface area contributed by atoms with E-state index in [9.17, 15) is 14.4 Å². The Morgan fingerprint density at radius 3 is 2.43 bits per heavy atom. The fourth-order valence-corrected chi connectivity index (χ4v) is 2.35. The van der Waals surface area contributed by atoms with E-state index in [4.69, 9.17) is 9.52 Å². The second-order valence-corrected chi connectivity index (χ2v) is 5.14. The Morgan fingerprint density at radius 1 is 1.29 bits per heavy atom. The van der Waals surface area contributed by atoms with Gasteiger partial charge in [0.2, 0.25) is 11.7 Å². The van der Waals surface area contributed by atoms with Gasteiger partial charge in [-0.3, -0.25) is 9.59 Å². The molecule has 2 amide bonds. The predicted molar refractivity (Wildman–Crippen MR) is 73.0 cm³/mol. The number of rotatable bonds is 4. The normalized spacial score (nSPS) is 15.8. The van der Waals surface area contributed by atoms with Gasteiger partial charge in [0.05, 0.1) is 0 Å². The number of likely N-dealkylation sites (tertiary alicyclic amines) is 1. The van der Waals surface area contributed by atoms with Gasteiger partial charge < -0.3 is 19.7 Å². The first-order valence-corrected chi connectivity index (χ1v) is 6.84. The number of carbonyl (C=O) groups excluding carboxylic acids is 2. The Hall–Kier alpha value is -2.31. The second-order valence-electron chi connectivity index (χ2n) is 5.14. The number of carbonyl (C=O) groups is 3. The number of aromatic carboxylic acids is 1. The van der Waals surface area contributed by atoms with Gasteiger partial charge in [-0.1, -0.05) is 0 Å². The van der Waals surface area contributed by atoms with Crippen molar-refractivity contribution in [2.75, 3.05) is 19.6 Å². The van der Waals surface area contributed by atoms with E-state index in [0.717, 1.165) is 12.8 Å². The highest BCUT2D eigenvalue weighted by molar-refractivity contribution is 5.93. The van der Waals surface area contributed by atoms with Crippen molar-refractivity contribution in [1.82, 2.24) is 10.2 Å². The van der Waals surface area contributed by atoms with Gasteiger partial charge in [-0.05, 0) is 30.9 Å². The van der Waals surface area contributed by atoms with Crippen LogP contribution in [0.15, 0.2) is 16.5 Å². The molecule has 1 aromatic rings. The van der Waals surface area contributed by atoms with Crippen molar-refractivity contribution in [2.24, 2.45) is 5.92 Å². The first kappa shape index (κ1) is 15.1. The number of nitrogens with one attached hydrogen (secondary N) is 1. The molecule has 0 spiro atoms. The maximum atomic E-state index is 12.2. The van der Waals surface area contributed by atoms with Crippen LogP contribution in [-0.4, -0.2) is 47.4 Å². The van der Waals surface area contributed by atoms with E-state index in [1.807, 2.05) is 0 Å². The zero-order valence-corrected chi connectivity index (χ0v) is 11.8. The molecule has 1 aliphatic heterocycles. The average molecular weight is 294 g/mol. The highest BCUT2D eigenvalue weighted by Crippen LogP contribution is 2.19. The third-order valence-electron chi connectivity index (χ3n) is 3.57. The lowest BCUT2D eigenvalue weighted by atomic mass is 9.96. The molecule has 0 atom stereocenters. The lowest BCUT2D eigenvalue weighted by Crippen LogP contribution is -2.41. The van der Waals surface area contributed by atoms with Crippen molar-refractivity contribution in [1.29, 1.82) is 0 Å². The Labute approximate surface area is 121 Å². The predicted octanol–water partition coefficient (Wildman–Crippen LogP) is 0.966. The van der Waals surface area contributed by atoms with E-state index in [1.54, 1.807) is 4.90 Å². The van der Waals surface area contributed by atoms with Gasteiger partial charge in [0.1, 0.15) is 0 Å². The maximum Gasteiger partial charge on any atom is 0.371 e. The van der Waals surface area contributed by atoms with Crippen LogP contribution in [0.2, 0.25) is 0 Å². The van der Waals surface area contributed by atoms with Crippen molar-refractivity contribution in [3.05, 3.63) is 23.7 Å². The number of hydrogen-bond acceptors (Lipinski definition) is 4. The smallest absolute Gasteiger partial charge is 0.371 e. The largest absolute Gasteiger partial charge is 0.475 e. The molecule has 0 aromatic carbocycles. The number of carboxylic acids is 1. The van der Waals surface area contributed by atoms with Crippen LogP contribution in [0.25, 0.3) is 0 Å². The van der Waals surface area contributed by atoms with Crippen LogP contribution in [0.1, 0.15) is 40.9 Å². The summed E-state index contributed by atoms with van der Waals surface area (Å²) in [6, 6.07) is 2.66. The summed E-state index contributed by atoms with van der Waals surface area (Å²) in [6.45, 7) is 3.26. The first-order chi connectivity index (χ1) is 9.97. The van der Waals surface area contributed by atoms with E-state index in [-0.39, 0.29) is 23.3 Å². The molecule has 7 nitrogen and oxygen atoms in total. The molecular formula is C14H18N2O5. The molecule has 0 bridgehead atoms. The Morgan fingerprint density at radius 2 is 1.90 bits per heavy atom. The molecule has 0 unspecified atom stereocenters. The van der Waals surface area contributed by atoms with Crippen molar-refractivity contribution in [3.63, 3.8) is 0 Å². The number of hydrogen-bond donors (Lipinski definition) is 2. The number of furan rings is 1. The lowest BCUT2D eigenvalue weighted by Gasteiger charge is -2.31. The third kappa shape index (κ3) is 3.84. The van der Waals surface area contributed by atoms with E-state index in [2.05, 4.69) is 5.32 Å². The summed E-state index contributed by atoms with van der Waals surface area (Å²) in [4.78, 5) is 35.4. The Kier molecular flexibility index (Phi) is 4.62. The van der Waals surface area contributed by atoms with Crippen molar-refractivity contribution >= 4 is 17.8 Å². The van der Waals surface area contributed by atoms with Crippen LogP contribution in [0.4, 0.5) is 0 Å². The van der Waals surface area contributed by atoms with E-state index in [1.165, 1.54) is 19.1 Å². The molecule has 114 valence electrons. The summed E-state index contributed by atoms with van der Waals surface area (Å²) >= 11 is 0. The topological polar surface area (TPSA) is 99.9 Å². The number of carboxylic acid groups (broad SMARTS) is 1. The van der Waals surface area contributed by atoms with E-state index >= 15 is 0 Å². The minimum Gasteiger partial charge on any atom is -0.475 e. The zero-order valence-electron chi connectivity index (χ0n) is 11.8. The van der Waals surface area contributed by atoms with Gasteiger partial charge >= 0.3 is 5.97 Å². The minimum absolute atomic E-state index is 0.0488. The molecule has 7 heteroatoms. The number of amides is 2. The molecule has 1 saturated heterocycles. The summed E-state index contributed by atoms with van der Waals surface area (Å²) in [7, 11) is 0. The molecule has 2 N–H and O–H groups in total. The van der Waals surface area contributed by atoms with Gasteiger partial charge in [-0.25, -0.2) is 4.79 Å². The molecule has 21 heavy (non-hydrogen) atoms. The van der Waals surface area contributed by atoms with Crippen LogP contribution < -0.4 is 5.32 Å². The average Bonchev–Trinajstić information content (AvgIpc) is 2.95. The first-order valence-electron chi connectivity index (χ1n) is 6.84. The monoisotopic (exact) mass is 294 g/mol. The molecule has 1 aliphatic rings. The zero-order chi connectivity index (χ0) is 15.4. The quantitative estimate of drug-likeness (QED) is 0.861. The SMILES string of the molecule is CC(=O)NCC1CCN(C(=O)c2ccc(C(=O)O)o2)CC1. The molecule has 0 saturated carbocycles. The lowest BCUT2D eigenvalue weighted by molar-refractivity contribution is -0.119. The Balaban J connectivity index is 1.87. The van der Waals surface area contributed by atoms with Crippen LogP contribution in [0.3, 0.4) is 0 Å². The molecule has 0 aliphatic carbocycles. The van der Waals surface area contributed by atoms with Gasteiger partial charge in [0.15, 0.2) is 5.76 Å².